The molecule has 0 aromatic heterocycles. The van der Waals surface area contributed by atoms with Gasteiger partial charge in [-0.25, -0.2) is 8.42 Å². The molecule has 0 bridgehead atoms. The number of carbonyl (C=O) groups excluding carboxylic acids is 1. The molecule has 7 heteroatoms. The van der Waals surface area contributed by atoms with Crippen molar-refractivity contribution in [2.45, 2.75) is 101 Å². The van der Waals surface area contributed by atoms with Crippen molar-refractivity contribution >= 4 is 32.1 Å². The zero-order valence-electron chi connectivity index (χ0n) is 24.6. The summed E-state index contributed by atoms with van der Waals surface area (Å²) in [6.45, 7) is 2.88. The van der Waals surface area contributed by atoms with E-state index in [1.807, 2.05) is 49.3 Å². The van der Waals surface area contributed by atoms with Crippen LogP contribution in [0.3, 0.4) is 0 Å². The van der Waals surface area contributed by atoms with Crippen molar-refractivity contribution < 1.29 is 13.2 Å². The topological polar surface area (TPSA) is 92.5 Å². The van der Waals surface area contributed by atoms with Gasteiger partial charge in [0.1, 0.15) is 5.78 Å². The van der Waals surface area contributed by atoms with E-state index >= 15 is 0 Å². The molecule has 0 aliphatic heterocycles. The largest absolute Gasteiger partial charge is 0.377 e. The van der Waals surface area contributed by atoms with E-state index in [-0.39, 0.29) is 5.75 Å². The number of rotatable bonds is 23. The van der Waals surface area contributed by atoms with E-state index in [9.17, 15) is 13.2 Å². The zero-order chi connectivity index (χ0) is 28.3. The molecule has 0 atom stereocenters. The predicted molar refractivity (Wildman–Crippen MR) is 167 cm³/mol. The van der Waals surface area contributed by atoms with Gasteiger partial charge in [-0.1, -0.05) is 75.6 Å². The van der Waals surface area contributed by atoms with Crippen molar-refractivity contribution in [1.82, 2.24) is 5.32 Å². The van der Waals surface area contributed by atoms with Gasteiger partial charge in [-0.2, -0.15) is 0 Å². The van der Waals surface area contributed by atoms with Crippen LogP contribution in [-0.4, -0.2) is 53.7 Å². The summed E-state index contributed by atoms with van der Waals surface area (Å²) in [6.07, 6.45) is 15.3. The van der Waals surface area contributed by atoms with Gasteiger partial charge in [-0.3, -0.25) is 4.79 Å². The Balaban J connectivity index is 1.51. The second-order valence-corrected chi connectivity index (χ2v) is 13.1. The van der Waals surface area contributed by atoms with Crippen LogP contribution in [0.2, 0.25) is 0 Å². The molecule has 6 nitrogen and oxygen atoms in total. The number of Topliss-reactive ketones (excluding diaryl/α,β-unsaturated/α-hetero) is 1. The molecule has 0 amide bonds. The van der Waals surface area contributed by atoms with Crippen molar-refractivity contribution in [2.24, 2.45) is 5.73 Å². The SMILES string of the molecule is CN(C)c1ccc(S(=O)(=O)CCCCCCCC(=O)CCCCCCCCCNCCCN)c2ccccc12. The van der Waals surface area contributed by atoms with Gasteiger partial charge in [0.05, 0.1) is 10.6 Å². The van der Waals surface area contributed by atoms with E-state index in [2.05, 4.69) is 5.32 Å². The average molecular weight is 560 g/mol. The number of ketones is 1. The molecule has 0 aliphatic rings. The molecule has 0 saturated carbocycles. The van der Waals surface area contributed by atoms with Crippen LogP contribution in [0.15, 0.2) is 41.3 Å². The standard InChI is InChI=1S/C32H53N3O3S/c1-35(2)31-22-23-32(30-21-14-13-20-29(30)31)39(37,38)27-16-10-6-8-12-19-28(36)18-11-7-4-3-5-9-15-25-34-26-17-24-33/h13-14,20-23,34H,3-12,15-19,24-27,33H2,1-2H3. The maximum Gasteiger partial charge on any atom is 0.178 e. The first-order valence-electron chi connectivity index (χ1n) is 15.2. The lowest BCUT2D eigenvalue weighted by molar-refractivity contribution is -0.119. The van der Waals surface area contributed by atoms with Gasteiger partial charge in [-0.05, 0) is 63.9 Å². The highest BCUT2D eigenvalue weighted by Crippen LogP contribution is 2.31. The molecule has 0 fully saturated rings. The van der Waals surface area contributed by atoms with Crippen LogP contribution in [-0.2, 0) is 14.6 Å². The summed E-state index contributed by atoms with van der Waals surface area (Å²) >= 11 is 0. The normalized spacial score (nSPS) is 11.8. The quantitative estimate of drug-likeness (QED) is 0.148. The van der Waals surface area contributed by atoms with Crippen LogP contribution in [0, 0.1) is 0 Å². The van der Waals surface area contributed by atoms with E-state index in [1.165, 1.54) is 32.1 Å². The summed E-state index contributed by atoms with van der Waals surface area (Å²) < 4.78 is 26.2. The molecule has 0 unspecified atom stereocenters. The zero-order valence-corrected chi connectivity index (χ0v) is 25.4. The molecular formula is C32H53N3O3S. The Hall–Kier alpha value is -1.96. The van der Waals surface area contributed by atoms with Gasteiger partial charge >= 0.3 is 0 Å². The van der Waals surface area contributed by atoms with Crippen molar-refractivity contribution in [3.05, 3.63) is 36.4 Å². The summed E-state index contributed by atoms with van der Waals surface area (Å²) in [6, 6.07) is 11.4. The third kappa shape index (κ3) is 12.8. The number of anilines is 1. The number of hydrogen-bond acceptors (Lipinski definition) is 6. The number of nitrogens with two attached hydrogens (primary N) is 1. The third-order valence-electron chi connectivity index (χ3n) is 7.41. The number of unbranched alkanes of at least 4 members (excludes halogenated alkanes) is 10. The van der Waals surface area contributed by atoms with Crippen LogP contribution < -0.4 is 16.0 Å². The van der Waals surface area contributed by atoms with Crippen LogP contribution in [0.4, 0.5) is 5.69 Å². The molecule has 2 aromatic rings. The number of nitrogens with zero attached hydrogens (tertiary/aromatic N) is 1. The molecule has 220 valence electrons. The summed E-state index contributed by atoms with van der Waals surface area (Å²) in [7, 11) is 0.601. The van der Waals surface area contributed by atoms with Gasteiger partial charge in [0.2, 0.25) is 0 Å². The van der Waals surface area contributed by atoms with E-state index in [0.29, 0.717) is 29.9 Å². The van der Waals surface area contributed by atoms with Crippen LogP contribution in [0.5, 0.6) is 0 Å². The molecule has 0 aliphatic carbocycles. The Bertz CT molecular complexity index is 1070. The molecule has 0 saturated heterocycles. The first-order chi connectivity index (χ1) is 18.9. The number of benzene rings is 2. The third-order valence-corrected chi connectivity index (χ3v) is 9.27. The first-order valence-corrected chi connectivity index (χ1v) is 16.9. The minimum absolute atomic E-state index is 0.170. The fourth-order valence-corrected chi connectivity index (χ4v) is 6.70. The summed E-state index contributed by atoms with van der Waals surface area (Å²) in [5, 5.41) is 5.18. The molecule has 2 aromatic carbocycles. The lowest BCUT2D eigenvalue weighted by atomic mass is 10.0. The summed E-state index contributed by atoms with van der Waals surface area (Å²) in [5.74, 6) is 0.553. The predicted octanol–water partition coefficient (Wildman–Crippen LogP) is 6.65. The number of nitrogens with one attached hydrogen (secondary N) is 1. The Morgan fingerprint density at radius 3 is 1.87 bits per heavy atom. The molecular weight excluding hydrogens is 506 g/mol. The van der Waals surface area contributed by atoms with Gasteiger partial charge in [0.25, 0.3) is 0 Å². The molecule has 39 heavy (non-hydrogen) atoms. The number of sulfone groups is 1. The molecule has 0 heterocycles. The number of hydrogen-bond donors (Lipinski definition) is 2. The lowest BCUT2D eigenvalue weighted by Crippen LogP contribution is -2.19. The highest BCUT2D eigenvalue weighted by atomic mass is 32.2. The van der Waals surface area contributed by atoms with Gasteiger partial charge in [-0.15, -0.1) is 0 Å². The van der Waals surface area contributed by atoms with Crippen LogP contribution in [0.25, 0.3) is 10.8 Å². The van der Waals surface area contributed by atoms with Crippen molar-refractivity contribution in [2.75, 3.05) is 44.4 Å². The van der Waals surface area contributed by atoms with Crippen molar-refractivity contribution in [1.29, 1.82) is 0 Å². The Labute approximate surface area is 238 Å². The van der Waals surface area contributed by atoms with E-state index in [0.717, 1.165) is 81.0 Å². The van der Waals surface area contributed by atoms with E-state index in [4.69, 9.17) is 5.73 Å². The lowest BCUT2D eigenvalue weighted by Gasteiger charge is -2.17. The van der Waals surface area contributed by atoms with Crippen molar-refractivity contribution in [3.8, 4) is 0 Å². The number of carbonyl (C=O) groups is 1. The Kier molecular flexibility index (Phi) is 16.3. The second-order valence-electron chi connectivity index (χ2n) is 11.0. The molecule has 0 radical (unpaired) electrons. The van der Waals surface area contributed by atoms with E-state index < -0.39 is 9.84 Å². The molecule has 3 N–H and O–H groups in total. The summed E-state index contributed by atoms with van der Waals surface area (Å²) in [5.41, 5.74) is 6.50. The van der Waals surface area contributed by atoms with Gasteiger partial charge in [0.15, 0.2) is 9.84 Å². The summed E-state index contributed by atoms with van der Waals surface area (Å²) in [4.78, 5) is 14.6. The number of fused-ring (bicyclic) bond motifs is 1. The van der Waals surface area contributed by atoms with Crippen molar-refractivity contribution in [3.63, 3.8) is 0 Å². The van der Waals surface area contributed by atoms with E-state index in [1.54, 1.807) is 6.07 Å². The Morgan fingerprint density at radius 2 is 1.26 bits per heavy atom. The Morgan fingerprint density at radius 1 is 0.718 bits per heavy atom. The monoisotopic (exact) mass is 559 g/mol. The fraction of sp³-hybridized carbons (Fsp3) is 0.656. The maximum absolute atomic E-state index is 13.1. The minimum atomic E-state index is -3.34. The first kappa shape index (κ1) is 33.2. The van der Waals surface area contributed by atoms with Crippen LogP contribution >= 0.6 is 0 Å². The second kappa shape index (κ2) is 19.2. The average Bonchev–Trinajstić information content (AvgIpc) is 2.92. The maximum atomic E-state index is 13.1. The fourth-order valence-electron chi connectivity index (χ4n) is 5.10. The van der Waals surface area contributed by atoms with Gasteiger partial charge < -0.3 is 16.0 Å². The highest BCUT2D eigenvalue weighted by molar-refractivity contribution is 7.91. The highest BCUT2D eigenvalue weighted by Gasteiger charge is 2.19. The van der Waals surface area contributed by atoms with Crippen LogP contribution in [0.1, 0.15) is 96.3 Å². The molecule has 2 rings (SSSR count). The smallest absolute Gasteiger partial charge is 0.178 e. The minimum Gasteiger partial charge on any atom is -0.377 e. The van der Waals surface area contributed by atoms with Gasteiger partial charge in [0, 0.05) is 43.4 Å². The molecule has 0 spiro atoms.